The second-order valence-corrected chi connectivity index (χ2v) is 6.94. The highest BCUT2D eigenvalue weighted by molar-refractivity contribution is 6.08. The number of ether oxygens (including phenoxy) is 3. The average Bonchev–Trinajstić information content (AvgIpc) is 3.15. The van der Waals surface area contributed by atoms with Crippen molar-refractivity contribution in [3.05, 3.63) is 48.5 Å². The van der Waals surface area contributed by atoms with Gasteiger partial charge >= 0.3 is 11.9 Å². The van der Waals surface area contributed by atoms with Crippen LogP contribution in [0.4, 0.5) is 0 Å². The minimum Gasteiger partial charge on any atom is -0.468 e. The van der Waals surface area contributed by atoms with Gasteiger partial charge in [0.25, 0.3) is 0 Å². The van der Waals surface area contributed by atoms with Crippen LogP contribution in [0.5, 0.6) is 0 Å². The quantitative estimate of drug-likeness (QED) is 0.426. The highest BCUT2D eigenvalue weighted by Crippen LogP contribution is 2.42. The van der Waals surface area contributed by atoms with Gasteiger partial charge in [0.1, 0.15) is 6.23 Å². The lowest BCUT2D eigenvalue weighted by molar-refractivity contribution is -0.175. The summed E-state index contributed by atoms with van der Waals surface area (Å²) in [6, 6.07) is 18.8. The molecule has 0 aliphatic rings. The normalized spacial score (nSPS) is 12.3. The number of esters is 2. The summed E-state index contributed by atoms with van der Waals surface area (Å²) in [6.45, 7) is 0. The molecule has 0 bridgehead atoms. The Balaban J connectivity index is 2.28. The van der Waals surface area contributed by atoms with Crippen LogP contribution in [0.15, 0.2) is 48.5 Å². The average molecular weight is 419 g/mol. The van der Waals surface area contributed by atoms with Crippen LogP contribution in [0.3, 0.4) is 0 Å². The lowest BCUT2D eigenvalue weighted by Crippen LogP contribution is -2.48. The molecule has 31 heavy (non-hydrogen) atoms. The number of methoxy groups -OCH3 is 3. The van der Waals surface area contributed by atoms with Gasteiger partial charge in [0.15, 0.2) is 11.3 Å². The molecule has 2 aromatic carbocycles. The number of carbonyl (C=O) groups is 2. The maximum Gasteiger partial charge on any atom is 0.325 e. The summed E-state index contributed by atoms with van der Waals surface area (Å²) >= 11 is 0. The Hall–Kier alpha value is -3.88. The molecule has 0 spiro atoms. The van der Waals surface area contributed by atoms with Gasteiger partial charge in [-0.15, -0.1) is 0 Å². The number of rotatable bonds is 7. The van der Waals surface area contributed by atoms with Gasteiger partial charge in [-0.2, -0.15) is 10.5 Å². The molecule has 1 unspecified atom stereocenters. The van der Waals surface area contributed by atoms with E-state index in [1.54, 1.807) is 12.1 Å². The Labute approximate surface area is 179 Å². The van der Waals surface area contributed by atoms with Crippen LogP contribution in [0, 0.1) is 34.0 Å². The van der Waals surface area contributed by atoms with Crippen LogP contribution in [0.1, 0.15) is 12.6 Å². The third-order valence-electron chi connectivity index (χ3n) is 5.52. The number of nitriles is 2. The van der Waals surface area contributed by atoms with Crippen molar-refractivity contribution in [2.75, 3.05) is 21.3 Å². The number of hydrogen-bond donors (Lipinski definition) is 0. The lowest BCUT2D eigenvalue weighted by Gasteiger charge is -2.32. The molecule has 0 saturated carbocycles. The largest absolute Gasteiger partial charge is 0.468 e. The molecule has 0 aliphatic heterocycles. The Bertz CT molecular complexity index is 1130. The summed E-state index contributed by atoms with van der Waals surface area (Å²) in [7, 11) is 3.61. The van der Waals surface area contributed by atoms with Crippen LogP contribution in [0.25, 0.3) is 21.8 Å². The van der Waals surface area contributed by atoms with E-state index >= 15 is 0 Å². The molecule has 1 heterocycles. The minimum atomic E-state index is -2.19. The molecule has 1 atom stereocenters. The van der Waals surface area contributed by atoms with Gasteiger partial charge in [-0.25, -0.2) is 0 Å². The standard InChI is InChI=1S/C23H21N3O5/c1-29-20(12-23(21(27)30-2,22(28)31-3)15(13-24)14-25)26-18-10-6-4-8-16(18)17-9-5-7-11-19(17)26/h4-11,15,20H,12H2,1-3H3. The maximum absolute atomic E-state index is 12.9. The first-order valence-corrected chi connectivity index (χ1v) is 9.46. The molecule has 0 fully saturated rings. The highest BCUT2D eigenvalue weighted by Gasteiger charge is 2.57. The van der Waals surface area contributed by atoms with E-state index in [0.29, 0.717) is 0 Å². The van der Waals surface area contributed by atoms with Crippen molar-refractivity contribution in [3.8, 4) is 12.1 Å². The van der Waals surface area contributed by atoms with Crippen LogP contribution >= 0.6 is 0 Å². The van der Waals surface area contributed by atoms with Gasteiger partial charge in [-0.3, -0.25) is 9.59 Å². The first-order valence-electron chi connectivity index (χ1n) is 9.46. The number of aromatic nitrogens is 1. The molecule has 1 aromatic heterocycles. The number of nitrogens with zero attached hydrogens (tertiary/aromatic N) is 3. The highest BCUT2D eigenvalue weighted by atomic mass is 16.5. The third-order valence-corrected chi connectivity index (χ3v) is 5.52. The zero-order valence-corrected chi connectivity index (χ0v) is 17.4. The summed E-state index contributed by atoms with van der Waals surface area (Å²) < 4.78 is 17.3. The van der Waals surface area contributed by atoms with E-state index in [2.05, 4.69) is 0 Å². The van der Waals surface area contributed by atoms with Gasteiger partial charge in [-0.1, -0.05) is 36.4 Å². The summed E-state index contributed by atoms with van der Waals surface area (Å²) in [5, 5.41) is 21.1. The number of benzene rings is 2. The van der Waals surface area contributed by atoms with Crippen LogP contribution in [0.2, 0.25) is 0 Å². The van der Waals surface area contributed by atoms with Crippen molar-refractivity contribution in [2.24, 2.45) is 11.3 Å². The van der Waals surface area contributed by atoms with Crippen molar-refractivity contribution in [3.63, 3.8) is 0 Å². The molecule has 0 aliphatic carbocycles. The number of carbonyl (C=O) groups excluding carboxylic acids is 2. The molecule has 3 rings (SSSR count). The molecule has 0 saturated heterocycles. The fourth-order valence-corrected chi connectivity index (χ4v) is 4.04. The molecule has 0 N–H and O–H groups in total. The molecule has 0 radical (unpaired) electrons. The van der Waals surface area contributed by atoms with Gasteiger partial charge in [0.05, 0.1) is 37.4 Å². The molecule has 3 aromatic rings. The summed E-state index contributed by atoms with van der Waals surface area (Å²) in [6.07, 6.45) is -1.22. The molecular weight excluding hydrogens is 398 g/mol. The maximum atomic E-state index is 12.9. The van der Waals surface area contributed by atoms with Crippen LogP contribution in [-0.2, 0) is 23.8 Å². The Morgan fingerprint density at radius 1 is 0.903 bits per heavy atom. The van der Waals surface area contributed by atoms with Crippen molar-refractivity contribution < 1.29 is 23.8 Å². The van der Waals surface area contributed by atoms with E-state index in [0.717, 1.165) is 36.0 Å². The Kier molecular flexibility index (Phi) is 6.24. The first-order chi connectivity index (χ1) is 15.0. The fourth-order valence-electron chi connectivity index (χ4n) is 4.04. The van der Waals surface area contributed by atoms with E-state index in [-0.39, 0.29) is 6.42 Å². The number of fused-ring (bicyclic) bond motifs is 3. The zero-order chi connectivity index (χ0) is 22.6. The summed E-state index contributed by atoms with van der Waals surface area (Å²) in [4.78, 5) is 25.7. The van der Waals surface area contributed by atoms with E-state index in [1.807, 2.05) is 53.1 Å². The summed E-state index contributed by atoms with van der Waals surface area (Å²) in [5.41, 5.74) is -0.575. The second-order valence-electron chi connectivity index (χ2n) is 6.94. The predicted octanol–water partition coefficient (Wildman–Crippen LogP) is 3.33. The van der Waals surface area contributed by atoms with Crippen molar-refractivity contribution in [2.45, 2.75) is 12.6 Å². The number of para-hydroxylation sites is 2. The third kappa shape index (κ3) is 3.37. The van der Waals surface area contributed by atoms with E-state index < -0.39 is 29.5 Å². The summed E-state index contributed by atoms with van der Waals surface area (Å²) in [5.74, 6) is -3.70. The van der Waals surface area contributed by atoms with Gasteiger partial charge in [0.2, 0.25) is 0 Å². The van der Waals surface area contributed by atoms with Crippen LogP contribution in [-0.4, -0.2) is 37.8 Å². The van der Waals surface area contributed by atoms with Gasteiger partial charge in [-0.05, 0) is 12.1 Å². The van der Waals surface area contributed by atoms with Gasteiger partial charge < -0.3 is 18.8 Å². The fraction of sp³-hybridized carbons (Fsp3) is 0.304. The van der Waals surface area contributed by atoms with Crippen molar-refractivity contribution in [1.82, 2.24) is 4.57 Å². The van der Waals surface area contributed by atoms with E-state index in [9.17, 15) is 20.1 Å². The zero-order valence-electron chi connectivity index (χ0n) is 17.4. The van der Waals surface area contributed by atoms with Crippen molar-refractivity contribution in [1.29, 1.82) is 10.5 Å². The second kappa shape index (κ2) is 8.86. The van der Waals surface area contributed by atoms with Crippen molar-refractivity contribution >= 4 is 33.7 Å². The topological polar surface area (TPSA) is 114 Å². The SMILES string of the molecule is COC(=O)C(CC(OC)n1c2ccccc2c2ccccc21)(C(=O)OC)C(C#N)C#N. The first kappa shape index (κ1) is 21.8. The van der Waals surface area contributed by atoms with E-state index in [1.165, 1.54) is 7.11 Å². The Morgan fingerprint density at radius 3 is 1.74 bits per heavy atom. The molecule has 8 heteroatoms. The minimum absolute atomic E-state index is 0.336. The predicted molar refractivity (Wildman–Crippen MR) is 111 cm³/mol. The molecular formula is C23H21N3O5. The van der Waals surface area contributed by atoms with Gasteiger partial charge in [0, 0.05) is 24.3 Å². The number of hydrogen-bond acceptors (Lipinski definition) is 7. The molecule has 158 valence electrons. The molecule has 0 amide bonds. The van der Waals surface area contributed by atoms with Crippen LogP contribution < -0.4 is 0 Å². The lowest BCUT2D eigenvalue weighted by atomic mass is 9.73. The molecule has 8 nitrogen and oxygen atoms in total. The Morgan fingerprint density at radius 2 is 1.35 bits per heavy atom. The monoisotopic (exact) mass is 419 g/mol. The smallest absolute Gasteiger partial charge is 0.325 e. The van der Waals surface area contributed by atoms with E-state index in [4.69, 9.17) is 14.2 Å².